The zero-order valence-corrected chi connectivity index (χ0v) is 12.3. The molecule has 3 rings (SSSR count). The first kappa shape index (κ1) is 13.9. The van der Waals surface area contributed by atoms with Crippen molar-refractivity contribution in [2.45, 2.75) is 0 Å². The van der Waals surface area contributed by atoms with Gasteiger partial charge in [-0.15, -0.1) is 0 Å². The standard InChI is InChI=1S/C17H16N4O/c1-11(4-5-12(2)18)14-8-9-21-16-10-13(22-3)6-7-15(16)20-17(21)19-14/h4-10H,1-2,18H2,3H3/b5-4-. The lowest BCUT2D eigenvalue weighted by atomic mass is 10.2. The molecule has 0 aliphatic carbocycles. The molecule has 5 heteroatoms. The van der Waals surface area contributed by atoms with Crippen molar-refractivity contribution in [1.29, 1.82) is 0 Å². The van der Waals surface area contributed by atoms with Gasteiger partial charge < -0.3 is 10.5 Å². The second-order valence-electron chi connectivity index (χ2n) is 4.88. The maximum atomic E-state index is 5.52. The molecule has 0 saturated carbocycles. The Kier molecular flexibility index (Phi) is 3.39. The van der Waals surface area contributed by atoms with Crippen molar-refractivity contribution in [3.63, 3.8) is 0 Å². The van der Waals surface area contributed by atoms with E-state index in [-0.39, 0.29) is 0 Å². The molecule has 0 amide bonds. The molecule has 0 radical (unpaired) electrons. The van der Waals surface area contributed by atoms with Crippen molar-refractivity contribution in [1.82, 2.24) is 14.4 Å². The summed E-state index contributed by atoms with van der Waals surface area (Å²) in [5, 5.41) is 0. The van der Waals surface area contributed by atoms with Gasteiger partial charge in [0.15, 0.2) is 0 Å². The van der Waals surface area contributed by atoms with Crippen LogP contribution in [0.15, 0.2) is 61.5 Å². The van der Waals surface area contributed by atoms with E-state index >= 15 is 0 Å². The highest BCUT2D eigenvalue weighted by atomic mass is 16.5. The zero-order valence-electron chi connectivity index (χ0n) is 12.3. The number of nitrogens with zero attached hydrogens (tertiary/aromatic N) is 3. The van der Waals surface area contributed by atoms with Crippen molar-refractivity contribution in [3.8, 4) is 5.75 Å². The van der Waals surface area contributed by atoms with Crippen LogP contribution in [-0.2, 0) is 0 Å². The molecule has 1 aromatic carbocycles. The van der Waals surface area contributed by atoms with Crippen molar-refractivity contribution in [3.05, 3.63) is 67.2 Å². The van der Waals surface area contributed by atoms with E-state index < -0.39 is 0 Å². The second kappa shape index (κ2) is 5.37. The van der Waals surface area contributed by atoms with Crippen molar-refractivity contribution < 1.29 is 4.74 Å². The van der Waals surface area contributed by atoms with Gasteiger partial charge in [-0.3, -0.25) is 4.40 Å². The Labute approximate surface area is 128 Å². The first-order valence-electron chi connectivity index (χ1n) is 6.73. The molecule has 0 atom stereocenters. The van der Waals surface area contributed by atoms with Crippen LogP contribution >= 0.6 is 0 Å². The average molecular weight is 292 g/mol. The lowest BCUT2D eigenvalue weighted by molar-refractivity contribution is 0.415. The van der Waals surface area contributed by atoms with Crippen molar-refractivity contribution >= 4 is 22.4 Å². The van der Waals surface area contributed by atoms with Crippen LogP contribution in [0.25, 0.3) is 22.4 Å². The van der Waals surface area contributed by atoms with E-state index in [1.807, 2.05) is 34.9 Å². The molecule has 0 spiro atoms. The number of rotatable bonds is 4. The number of imidazole rings is 1. The molecule has 2 heterocycles. The second-order valence-corrected chi connectivity index (χ2v) is 4.88. The van der Waals surface area contributed by atoms with Gasteiger partial charge in [-0.2, -0.15) is 0 Å². The van der Waals surface area contributed by atoms with Gasteiger partial charge in [0, 0.05) is 18.0 Å². The smallest absolute Gasteiger partial charge is 0.235 e. The van der Waals surface area contributed by atoms with E-state index in [1.165, 1.54) is 0 Å². The monoisotopic (exact) mass is 292 g/mol. The fourth-order valence-electron chi connectivity index (χ4n) is 2.17. The number of nitrogens with two attached hydrogens (primary N) is 1. The summed E-state index contributed by atoms with van der Waals surface area (Å²) in [6.07, 6.45) is 5.40. The minimum Gasteiger partial charge on any atom is -0.497 e. The van der Waals surface area contributed by atoms with Gasteiger partial charge in [-0.1, -0.05) is 19.2 Å². The fraction of sp³-hybridized carbons (Fsp3) is 0.0588. The third kappa shape index (κ3) is 2.44. The zero-order chi connectivity index (χ0) is 15.7. The van der Waals surface area contributed by atoms with E-state index in [2.05, 4.69) is 23.1 Å². The van der Waals surface area contributed by atoms with Crippen molar-refractivity contribution in [2.24, 2.45) is 5.73 Å². The van der Waals surface area contributed by atoms with Crippen LogP contribution in [0.3, 0.4) is 0 Å². The van der Waals surface area contributed by atoms with Gasteiger partial charge in [0.25, 0.3) is 0 Å². The van der Waals surface area contributed by atoms with Gasteiger partial charge in [-0.25, -0.2) is 9.97 Å². The molecule has 5 nitrogen and oxygen atoms in total. The first-order valence-corrected chi connectivity index (χ1v) is 6.73. The van der Waals surface area contributed by atoms with Gasteiger partial charge in [0.05, 0.1) is 23.8 Å². The summed E-state index contributed by atoms with van der Waals surface area (Å²) in [4.78, 5) is 9.05. The first-order chi connectivity index (χ1) is 10.6. The van der Waals surface area contributed by atoms with Gasteiger partial charge in [-0.05, 0) is 29.8 Å². The minimum atomic E-state index is 0.473. The molecule has 2 N–H and O–H groups in total. The molecule has 2 aromatic heterocycles. The third-order valence-electron chi connectivity index (χ3n) is 3.31. The Morgan fingerprint density at radius 3 is 2.77 bits per heavy atom. The molecule has 0 fully saturated rings. The molecule has 0 unspecified atom stereocenters. The van der Waals surface area contributed by atoms with Crippen LogP contribution < -0.4 is 10.5 Å². The topological polar surface area (TPSA) is 65.4 Å². The molecule has 0 bridgehead atoms. The van der Waals surface area contributed by atoms with Gasteiger partial charge in [0.2, 0.25) is 5.78 Å². The lowest BCUT2D eigenvalue weighted by Gasteiger charge is -2.02. The predicted molar refractivity (Wildman–Crippen MR) is 88.5 cm³/mol. The highest BCUT2D eigenvalue weighted by Gasteiger charge is 2.08. The van der Waals surface area contributed by atoms with Crippen LogP contribution in [0.2, 0.25) is 0 Å². The summed E-state index contributed by atoms with van der Waals surface area (Å²) >= 11 is 0. The summed E-state index contributed by atoms with van der Waals surface area (Å²) in [5.74, 6) is 1.40. The van der Waals surface area contributed by atoms with Crippen LogP contribution in [0.4, 0.5) is 0 Å². The van der Waals surface area contributed by atoms with Crippen molar-refractivity contribution in [2.75, 3.05) is 7.11 Å². The molecule has 3 aromatic rings. The number of fused-ring (bicyclic) bond motifs is 3. The van der Waals surface area contributed by atoms with Gasteiger partial charge in [0.1, 0.15) is 5.75 Å². The highest BCUT2D eigenvalue weighted by molar-refractivity contribution is 5.81. The third-order valence-corrected chi connectivity index (χ3v) is 3.31. The van der Waals surface area contributed by atoms with E-state index in [4.69, 9.17) is 10.5 Å². The van der Waals surface area contributed by atoms with Gasteiger partial charge >= 0.3 is 0 Å². The van der Waals surface area contributed by atoms with Crippen LogP contribution in [0, 0.1) is 0 Å². The quantitative estimate of drug-likeness (QED) is 0.751. The predicted octanol–water partition coefficient (Wildman–Crippen LogP) is 2.93. The summed E-state index contributed by atoms with van der Waals surface area (Å²) < 4.78 is 7.17. The maximum absolute atomic E-state index is 5.52. The molecule has 0 aliphatic rings. The summed E-state index contributed by atoms with van der Waals surface area (Å²) in [6.45, 7) is 7.60. The highest BCUT2D eigenvalue weighted by Crippen LogP contribution is 2.22. The Morgan fingerprint density at radius 1 is 1.23 bits per heavy atom. The Hall–Kier alpha value is -3.08. The molecule has 22 heavy (non-hydrogen) atoms. The number of benzene rings is 1. The van der Waals surface area contributed by atoms with Crippen LogP contribution in [0.5, 0.6) is 5.75 Å². The molecule has 110 valence electrons. The summed E-state index contributed by atoms with van der Waals surface area (Å²) in [6, 6.07) is 7.61. The summed E-state index contributed by atoms with van der Waals surface area (Å²) in [5.41, 5.74) is 9.29. The largest absolute Gasteiger partial charge is 0.497 e. The molecule has 0 saturated heterocycles. The average Bonchev–Trinajstić information content (AvgIpc) is 2.89. The Balaban J connectivity index is 2.09. The fourth-order valence-corrected chi connectivity index (χ4v) is 2.17. The number of ether oxygens (including phenoxy) is 1. The number of aromatic nitrogens is 3. The SMILES string of the molecule is C=C(N)/C=C\C(=C)c1ccn2c(n1)nc1ccc(OC)cc12. The molecular formula is C17H16N4O. The number of hydrogen-bond donors (Lipinski definition) is 1. The molecule has 0 aliphatic heterocycles. The lowest BCUT2D eigenvalue weighted by Crippen LogP contribution is -1.94. The number of methoxy groups -OCH3 is 1. The van der Waals surface area contributed by atoms with E-state index in [0.717, 1.165) is 28.0 Å². The van der Waals surface area contributed by atoms with E-state index in [0.29, 0.717) is 11.5 Å². The Bertz CT molecular complexity index is 921. The van der Waals surface area contributed by atoms with E-state index in [9.17, 15) is 0 Å². The normalized spacial score (nSPS) is 11.3. The number of hydrogen-bond acceptors (Lipinski definition) is 4. The number of allylic oxidation sites excluding steroid dienone is 3. The summed E-state index contributed by atoms with van der Waals surface area (Å²) in [7, 11) is 1.64. The Morgan fingerprint density at radius 2 is 2.05 bits per heavy atom. The maximum Gasteiger partial charge on any atom is 0.235 e. The van der Waals surface area contributed by atoms with Crippen LogP contribution in [0.1, 0.15) is 5.69 Å². The minimum absolute atomic E-state index is 0.473. The van der Waals surface area contributed by atoms with Crippen LogP contribution in [-0.4, -0.2) is 21.5 Å². The molecular weight excluding hydrogens is 276 g/mol. The van der Waals surface area contributed by atoms with E-state index in [1.54, 1.807) is 19.3 Å².